The predicted octanol–water partition coefficient (Wildman–Crippen LogP) is 3.43. The minimum absolute atomic E-state index is 0.00241. The van der Waals surface area contributed by atoms with Crippen molar-refractivity contribution < 1.29 is 18.7 Å². The van der Waals surface area contributed by atoms with E-state index in [4.69, 9.17) is 20.8 Å². The topological polar surface area (TPSA) is 97.6 Å². The molecule has 0 saturated carbocycles. The van der Waals surface area contributed by atoms with E-state index in [1.54, 1.807) is 42.3 Å². The van der Waals surface area contributed by atoms with Crippen LogP contribution in [0.2, 0.25) is 5.02 Å². The molecule has 1 aromatic heterocycles. The number of nitrogens with zero attached hydrogens (tertiary/aromatic N) is 3. The van der Waals surface area contributed by atoms with E-state index in [0.717, 1.165) is 11.4 Å². The lowest BCUT2D eigenvalue weighted by Gasteiger charge is -2.16. The van der Waals surface area contributed by atoms with E-state index in [1.807, 2.05) is 18.2 Å². The molecule has 9 heteroatoms. The van der Waals surface area contributed by atoms with E-state index in [9.17, 15) is 9.59 Å². The van der Waals surface area contributed by atoms with Gasteiger partial charge < -0.3 is 14.1 Å². The third kappa shape index (κ3) is 4.28. The number of carbonyl (C=O) groups excluding carboxylic acids is 2. The second-order valence-corrected chi connectivity index (χ2v) is 7.27. The number of hydrogen-bond donors (Lipinski definition) is 1. The third-order valence-electron chi connectivity index (χ3n) is 4.85. The first-order valence-corrected chi connectivity index (χ1v) is 9.72. The number of halogens is 1. The Bertz CT molecular complexity index is 1070. The third-order valence-corrected chi connectivity index (χ3v) is 5.22. The van der Waals surface area contributed by atoms with Crippen molar-refractivity contribution in [3.8, 4) is 5.75 Å². The van der Waals surface area contributed by atoms with Gasteiger partial charge in [0.25, 0.3) is 0 Å². The molecule has 1 fully saturated rings. The zero-order valence-corrected chi connectivity index (χ0v) is 16.9. The summed E-state index contributed by atoms with van der Waals surface area (Å²) in [4.78, 5) is 26.4. The van der Waals surface area contributed by atoms with Crippen molar-refractivity contribution in [1.29, 1.82) is 0 Å². The van der Waals surface area contributed by atoms with Gasteiger partial charge in [-0.2, -0.15) is 0 Å². The van der Waals surface area contributed by atoms with Crippen LogP contribution < -0.4 is 15.0 Å². The minimum Gasteiger partial charge on any atom is -0.497 e. The smallest absolute Gasteiger partial charge is 0.322 e. The van der Waals surface area contributed by atoms with Gasteiger partial charge in [0.15, 0.2) is 0 Å². The Morgan fingerprint density at radius 2 is 2.00 bits per heavy atom. The van der Waals surface area contributed by atoms with Crippen molar-refractivity contribution in [2.75, 3.05) is 23.9 Å². The summed E-state index contributed by atoms with van der Waals surface area (Å²) in [5.74, 6) is 0.429. The Balaban J connectivity index is 1.39. The SMILES string of the molecule is COc1ccc(N2CC(c3nnc(NC(=O)Cc4ccccc4Cl)o3)CC2=O)cc1. The number of ether oxygens (including phenoxy) is 1. The van der Waals surface area contributed by atoms with E-state index >= 15 is 0 Å². The van der Waals surface area contributed by atoms with Gasteiger partial charge in [-0.3, -0.25) is 14.9 Å². The molecule has 0 bridgehead atoms. The molecule has 4 rings (SSSR count). The van der Waals surface area contributed by atoms with Gasteiger partial charge in [0.05, 0.1) is 19.4 Å². The number of rotatable bonds is 6. The van der Waals surface area contributed by atoms with Crippen molar-refractivity contribution >= 4 is 35.1 Å². The number of benzene rings is 2. The van der Waals surface area contributed by atoms with Crippen molar-refractivity contribution in [2.45, 2.75) is 18.8 Å². The lowest BCUT2D eigenvalue weighted by atomic mass is 10.1. The van der Waals surface area contributed by atoms with Gasteiger partial charge in [-0.1, -0.05) is 34.9 Å². The molecule has 3 aromatic rings. The van der Waals surface area contributed by atoms with Crippen molar-refractivity contribution in [1.82, 2.24) is 10.2 Å². The van der Waals surface area contributed by atoms with Gasteiger partial charge in [0.1, 0.15) is 5.75 Å². The van der Waals surface area contributed by atoms with Crippen molar-refractivity contribution in [2.24, 2.45) is 0 Å². The van der Waals surface area contributed by atoms with Gasteiger partial charge in [0, 0.05) is 23.7 Å². The van der Waals surface area contributed by atoms with E-state index < -0.39 is 0 Å². The maximum atomic E-state index is 12.5. The highest BCUT2D eigenvalue weighted by molar-refractivity contribution is 6.31. The average Bonchev–Trinajstić information content (AvgIpc) is 3.36. The zero-order chi connectivity index (χ0) is 21.1. The highest BCUT2D eigenvalue weighted by Crippen LogP contribution is 2.32. The monoisotopic (exact) mass is 426 g/mol. The molecule has 2 aromatic carbocycles. The van der Waals surface area contributed by atoms with E-state index in [2.05, 4.69) is 15.5 Å². The molecule has 1 aliphatic heterocycles. The lowest BCUT2D eigenvalue weighted by Crippen LogP contribution is -2.24. The Kier molecular flexibility index (Phi) is 5.67. The van der Waals surface area contributed by atoms with Gasteiger partial charge in [-0.05, 0) is 35.9 Å². The van der Waals surface area contributed by atoms with Crippen LogP contribution in [0.15, 0.2) is 52.9 Å². The lowest BCUT2D eigenvalue weighted by molar-refractivity contribution is -0.117. The molecule has 1 saturated heterocycles. The van der Waals surface area contributed by atoms with Gasteiger partial charge in [-0.15, -0.1) is 5.10 Å². The van der Waals surface area contributed by atoms with Crippen LogP contribution in [0.3, 0.4) is 0 Å². The van der Waals surface area contributed by atoms with Crippen molar-refractivity contribution in [3.05, 3.63) is 65.0 Å². The number of nitrogens with one attached hydrogen (secondary N) is 1. The van der Waals surface area contributed by atoms with Crippen LogP contribution >= 0.6 is 11.6 Å². The highest BCUT2D eigenvalue weighted by Gasteiger charge is 2.35. The fourth-order valence-corrected chi connectivity index (χ4v) is 3.52. The first-order valence-electron chi connectivity index (χ1n) is 9.34. The maximum absolute atomic E-state index is 12.5. The zero-order valence-electron chi connectivity index (χ0n) is 16.2. The van der Waals surface area contributed by atoms with Gasteiger partial charge in [0.2, 0.25) is 17.7 Å². The summed E-state index contributed by atoms with van der Waals surface area (Å²) in [5.41, 5.74) is 1.48. The van der Waals surface area contributed by atoms with Crippen LogP contribution in [-0.4, -0.2) is 35.7 Å². The summed E-state index contributed by atoms with van der Waals surface area (Å²) in [7, 11) is 1.59. The quantitative estimate of drug-likeness (QED) is 0.648. The molecule has 2 amide bonds. The molecule has 2 heterocycles. The fourth-order valence-electron chi connectivity index (χ4n) is 3.31. The molecule has 0 spiro atoms. The number of hydrogen-bond acceptors (Lipinski definition) is 6. The first kappa shape index (κ1) is 19.9. The minimum atomic E-state index is -0.319. The second-order valence-electron chi connectivity index (χ2n) is 6.87. The molecule has 0 radical (unpaired) electrons. The summed E-state index contributed by atoms with van der Waals surface area (Å²) >= 11 is 6.08. The van der Waals surface area contributed by atoms with Crippen LogP contribution in [0.1, 0.15) is 23.8 Å². The largest absolute Gasteiger partial charge is 0.497 e. The number of anilines is 2. The summed E-state index contributed by atoms with van der Waals surface area (Å²) < 4.78 is 10.7. The number of carbonyl (C=O) groups is 2. The van der Waals surface area contributed by atoms with Crippen LogP contribution in [-0.2, 0) is 16.0 Å². The highest BCUT2D eigenvalue weighted by atomic mass is 35.5. The molecule has 1 atom stereocenters. The molecule has 1 N–H and O–H groups in total. The van der Waals surface area contributed by atoms with Crippen LogP contribution in [0.5, 0.6) is 5.75 Å². The van der Waals surface area contributed by atoms with Crippen LogP contribution in [0.4, 0.5) is 11.7 Å². The molecule has 30 heavy (non-hydrogen) atoms. The standard InChI is InChI=1S/C21H19ClN4O4/c1-29-16-8-6-15(7-9-16)26-12-14(11-19(26)28)20-24-25-21(30-20)23-18(27)10-13-4-2-3-5-17(13)22/h2-9,14H,10-12H2,1H3,(H,23,25,27). The second kappa shape index (κ2) is 8.54. The van der Waals surface area contributed by atoms with Gasteiger partial charge >= 0.3 is 6.01 Å². The predicted molar refractivity (Wildman–Crippen MR) is 111 cm³/mol. The molecule has 0 aliphatic carbocycles. The summed E-state index contributed by atoms with van der Waals surface area (Å²) in [6, 6.07) is 14.4. The maximum Gasteiger partial charge on any atom is 0.322 e. The van der Waals surface area contributed by atoms with Crippen LogP contribution in [0.25, 0.3) is 0 Å². The normalized spacial score (nSPS) is 16.0. The van der Waals surface area contributed by atoms with Crippen molar-refractivity contribution in [3.63, 3.8) is 0 Å². The Hall–Kier alpha value is -3.39. The van der Waals surface area contributed by atoms with E-state index in [-0.39, 0.29) is 36.6 Å². The number of aromatic nitrogens is 2. The summed E-state index contributed by atoms with van der Waals surface area (Å²) in [6.07, 6.45) is 0.339. The summed E-state index contributed by atoms with van der Waals surface area (Å²) in [6.45, 7) is 0.417. The first-order chi connectivity index (χ1) is 14.5. The Labute approximate surface area is 177 Å². The number of amides is 2. The molecule has 1 unspecified atom stereocenters. The molecular formula is C21H19ClN4O4. The van der Waals surface area contributed by atoms with Gasteiger partial charge in [-0.25, -0.2) is 0 Å². The van der Waals surface area contributed by atoms with E-state index in [1.165, 1.54) is 0 Å². The number of methoxy groups -OCH3 is 1. The molecule has 154 valence electrons. The Morgan fingerprint density at radius 3 is 2.73 bits per heavy atom. The fraction of sp³-hybridized carbons (Fsp3) is 0.238. The summed E-state index contributed by atoms with van der Waals surface area (Å²) in [5, 5.41) is 11.0. The molecule has 1 aliphatic rings. The van der Waals surface area contributed by atoms with Crippen LogP contribution in [0, 0.1) is 0 Å². The molecular weight excluding hydrogens is 408 g/mol. The van der Waals surface area contributed by atoms with E-state index in [0.29, 0.717) is 23.0 Å². The average molecular weight is 427 g/mol. The Morgan fingerprint density at radius 1 is 1.23 bits per heavy atom. The molecule has 8 nitrogen and oxygen atoms in total.